The van der Waals surface area contributed by atoms with Crippen LogP contribution in [0.3, 0.4) is 0 Å². The maximum absolute atomic E-state index is 10.5. The van der Waals surface area contributed by atoms with Crippen LogP contribution in [0.4, 0.5) is 0 Å². The molecule has 0 aromatic carbocycles. The summed E-state index contributed by atoms with van der Waals surface area (Å²) in [5, 5.41) is 11.1. The van der Waals surface area contributed by atoms with E-state index in [1.807, 2.05) is 0 Å². The molecular formula is C7H11NO3. The van der Waals surface area contributed by atoms with Crippen LogP contribution in [0.25, 0.3) is 0 Å². The summed E-state index contributed by atoms with van der Waals surface area (Å²) < 4.78 is 0. The van der Waals surface area contributed by atoms with Gasteiger partial charge in [-0.15, -0.1) is 0 Å². The summed E-state index contributed by atoms with van der Waals surface area (Å²) in [5.41, 5.74) is -0.912. The molecule has 0 aromatic rings. The first-order chi connectivity index (χ1) is 5.00. The van der Waals surface area contributed by atoms with Gasteiger partial charge in [-0.1, -0.05) is 17.3 Å². The van der Waals surface area contributed by atoms with Crippen molar-refractivity contribution in [3.63, 3.8) is 0 Å². The molecule has 0 saturated carbocycles. The number of rotatable bonds is 4. The zero-order chi connectivity index (χ0) is 8.91. The summed E-state index contributed by atoms with van der Waals surface area (Å²) >= 11 is 0. The Balaban J connectivity index is 4.10. The van der Waals surface area contributed by atoms with Gasteiger partial charge in [0.05, 0.1) is 12.0 Å². The third kappa shape index (κ3) is 3.50. The van der Waals surface area contributed by atoms with Crippen LogP contribution in [0, 0.1) is 10.3 Å². The Hall–Kier alpha value is -1.19. The van der Waals surface area contributed by atoms with E-state index in [2.05, 4.69) is 5.18 Å². The predicted molar refractivity (Wildman–Crippen MR) is 41.2 cm³/mol. The molecule has 4 nitrogen and oxygen atoms in total. The quantitative estimate of drug-likeness (QED) is 0.495. The number of carboxylic acids is 1. The minimum atomic E-state index is -0.917. The Morgan fingerprint density at radius 2 is 2.18 bits per heavy atom. The largest absolute Gasteiger partial charge is 0.481 e. The molecule has 62 valence electrons. The van der Waals surface area contributed by atoms with E-state index in [1.165, 1.54) is 12.2 Å². The van der Waals surface area contributed by atoms with Gasteiger partial charge >= 0.3 is 5.97 Å². The normalized spacial score (nSPS) is 11.8. The molecule has 11 heavy (non-hydrogen) atoms. The highest BCUT2D eigenvalue weighted by molar-refractivity contribution is 5.75. The van der Waals surface area contributed by atoms with Crippen molar-refractivity contribution in [2.24, 2.45) is 10.6 Å². The lowest BCUT2D eigenvalue weighted by Gasteiger charge is -2.12. The van der Waals surface area contributed by atoms with Crippen LogP contribution in [-0.4, -0.2) is 17.6 Å². The van der Waals surface area contributed by atoms with Gasteiger partial charge in [-0.25, -0.2) is 0 Å². The summed E-state index contributed by atoms with van der Waals surface area (Å²) in [6.07, 6.45) is 2.90. The summed E-state index contributed by atoms with van der Waals surface area (Å²) in [5.74, 6) is -0.917. The summed E-state index contributed by atoms with van der Waals surface area (Å²) in [7, 11) is 0. The van der Waals surface area contributed by atoms with Gasteiger partial charge in [-0.2, -0.15) is 4.91 Å². The Bertz CT molecular complexity index is 184. The fourth-order valence-corrected chi connectivity index (χ4v) is 0.462. The second-order valence-corrected chi connectivity index (χ2v) is 2.74. The first-order valence-electron chi connectivity index (χ1n) is 3.21. The van der Waals surface area contributed by atoms with Crippen LogP contribution >= 0.6 is 0 Å². The van der Waals surface area contributed by atoms with E-state index in [1.54, 1.807) is 13.8 Å². The average Bonchev–Trinajstić information content (AvgIpc) is 1.88. The second-order valence-electron chi connectivity index (χ2n) is 2.74. The van der Waals surface area contributed by atoms with Crippen molar-refractivity contribution in [2.75, 3.05) is 6.54 Å². The monoisotopic (exact) mass is 157 g/mol. The SMILES string of the molecule is CC(C)(/C=C/CN=O)C(=O)O. The fraction of sp³-hybridized carbons (Fsp3) is 0.571. The molecule has 0 fully saturated rings. The minimum Gasteiger partial charge on any atom is -0.481 e. The Morgan fingerprint density at radius 3 is 2.55 bits per heavy atom. The molecule has 0 aliphatic carbocycles. The van der Waals surface area contributed by atoms with Crippen molar-refractivity contribution >= 4 is 5.97 Å². The highest BCUT2D eigenvalue weighted by atomic mass is 16.4. The molecule has 0 amide bonds. The van der Waals surface area contributed by atoms with Crippen LogP contribution in [0.2, 0.25) is 0 Å². The number of carboxylic acid groups (broad SMARTS) is 1. The maximum Gasteiger partial charge on any atom is 0.312 e. The Kier molecular flexibility index (Phi) is 3.44. The molecule has 0 aliphatic rings. The molecule has 0 aliphatic heterocycles. The molecule has 0 radical (unpaired) electrons. The summed E-state index contributed by atoms with van der Waals surface area (Å²) in [6.45, 7) is 3.13. The lowest BCUT2D eigenvalue weighted by Crippen LogP contribution is -2.20. The van der Waals surface area contributed by atoms with Gasteiger partial charge in [0.1, 0.15) is 0 Å². The molecule has 0 saturated heterocycles. The summed E-state index contributed by atoms with van der Waals surface area (Å²) in [6, 6.07) is 0. The standard InChI is InChI=1S/C7H11NO3/c1-7(2,6(9)10)4-3-5-8-11/h3-4H,5H2,1-2H3,(H,9,10)/b4-3+. The van der Waals surface area contributed by atoms with Gasteiger partial charge in [0.15, 0.2) is 0 Å². The molecule has 0 aromatic heterocycles. The predicted octanol–water partition coefficient (Wildman–Crippen LogP) is 1.42. The van der Waals surface area contributed by atoms with Gasteiger partial charge in [0.25, 0.3) is 0 Å². The molecule has 0 heterocycles. The zero-order valence-electron chi connectivity index (χ0n) is 6.57. The van der Waals surface area contributed by atoms with Gasteiger partial charge in [-0.05, 0) is 13.8 Å². The number of nitroso groups, excluding NO2 is 1. The molecule has 0 rings (SSSR count). The van der Waals surface area contributed by atoms with Crippen LogP contribution in [-0.2, 0) is 4.79 Å². The van der Waals surface area contributed by atoms with E-state index < -0.39 is 11.4 Å². The Morgan fingerprint density at radius 1 is 1.64 bits per heavy atom. The van der Waals surface area contributed by atoms with Gasteiger partial charge < -0.3 is 5.11 Å². The van der Waals surface area contributed by atoms with E-state index >= 15 is 0 Å². The molecule has 0 spiro atoms. The van der Waals surface area contributed by atoms with Crippen molar-refractivity contribution < 1.29 is 9.90 Å². The van der Waals surface area contributed by atoms with Crippen molar-refractivity contribution in [1.29, 1.82) is 0 Å². The third-order valence-electron chi connectivity index (χ3n) is 1.27. The van der Waals surface area contributed by atoms with E-state index in [-0.39, 0.29) is 6.54 Å². The number of aliphatic carboxylic acids is 1. The minimum absolute atomic E-state index is 0.0245. The topological polar surface area (TPSA) is 66.7 Å². The molecule has 4 heteroatoms. The van der Waals surface area contributed by atoms with Gasteiger partial charge in [0, 0.05) is 0 Å². The maximum atomic E-state index is 10.5. The van der Waals surface area contributed by atoms with E-state index in [0.717, 1.165) is 0 Å². The molecule has 0 atom stereocenters. The van der Waals surface area contributed by atoms with E-state index in [9.17, 15) is 9.70 Å². The first-order valence-corrected chi connectivity index (χ1v) is 3.21. The lowest BCUT2D eigenvalue weighted by atomic mass is 9.93. The number of hydrogen-bond donors (Lipinski definition) is 1. The van der Waals surface area contributed by atoms with E-state index in [0.29, 0.717) is 0 Å². The molecule has 1 N–H and O–H groups in total. The lowest BCUT2D eigenvalue weighted by molar-refractivity contribution is -0.144. The number of nitrogens with zero attached hydrogens (tertiary/aromatic N) is 1. The summed E-state index contributed by atoms with van der Waals surface area (Å²) in [4.78, 5) is 20.1. The Labute approximate surface area is 64.9 Å². The highest BCUT2D eigenvalue weighted by Gasteiger charge is 2.22. The fourth-order valence-electron chi connectivity index (χ4n) is 0.462. The van der Waals surface area contributed by atoms with Crippen LogP contribution < -0.4 is 0 Å². The van der Waals surface area contributed by atoms with Gasteiger partial charge in [-0.3, -0.25) is 4.79 Å². The van der Waals surface area contributed by atoms with Crippen LogP contribution in [0.15, 0.2) is 17.3 Å². The van der Waals surface area contributed by atoms with Crippen LogP contribution in [0.5, 0.6) is 0 Å². The number of carbonyl (C=O) groups is 1. The average molecular weight is 157 g/mol. The van der Waals surface area contributed by atoms with Crippen molar-refractivity contribution in [3.05, 3.63) is 17.1 Å². The molecule has 0 unspecified atom stereocenters. The second kappa shape index (κ2) is 3.85. The van der Waals surface area contributed by atoms with Crippen molar-refractivity contribution in [3.8, 4) is 0 Å². The zero-order valence-corrected chi connectivity index (χ0v) is 6.57. The first kappa shape index (κ1) is 9.81. The third-order valence-corrected chi connectivity index (χ3v) is 1.27. The van der Waals surface area contributed by atoms with Crippen molar-refractivity contribution in [1.82, 2.24) is 0 Å². The van der Waals surface area contributed by atoms with E-state index in [4.69, 9.17) is 5.11 Å². The van der Waals surface area contributed by atoms with Gasteiger partial charge in [0.2, 0.25) is 0 Å². The van der Waals surface area contributed by atoms with Crippen molar-refractivity contribution in [2.45, 2.75) is 13.8 Å². The highest BCUT2D eigenvalue weighted by Crippen LogP contribution is 2.16. The molecule has 0 bridgehead atoms. The van der Waals surface area contributed by atoms with Crippen LogP contribution in [0.1, 0.15) is 13.8 Å². The number of hydrogen-bond acceptors (Lipinski definition) is 3. The molecular weight excluding hydrogens is 146 g/mol. The smallest absolute Gasteiger partial charge is 0.312 e.